The number of carbonyl (C=O) groups excluding carboxylic acids is 1. The van der Waals surface area contributed by atoms with Crippen molar-refractivity contribution in [2.75, 3.05) is 29.5 Å². The number of alkyl halides is 3. The van der Waals surface area contributed by atoms with Crippen LogP contribution in [-0.4, -0.2) is 61.0 Å². The maximum Gasteiger partial charge on any atom is 0.493 e. The molecule has 1 atom stereocenters. The second-order valence-corrected chi connectivity index (χ2v) is 11.8. The van der Waals surface area contributed by atoms with Crippen LogP contribution in [0.15, 0.2) is 47.6 Å². The van der Waals surface area contributed by atoms with Gasteiger partial charge in [-0.2, -0.15) is 26.0 Å². The molecule has 17 heteroatoms. The molecule has 210 valence electrons. The third-order valence-corrected chi connectivity index (χ3v) is 8.74. The Bertz CT molecular complexity index is 1460. The highest BCUT2D eigenvalue weighted by molar-refractivity contribution is 7.92. The van der Waals surface area contributed by atoms with Crippen LogP contribution in [0.25, 0.3) is 0 Å². The number of hydrogen-bond acceptors (Lipinski definition) is 9. The molecule has 1 fully saturated rings. The monoisotopic (exact) mass is 627 g/mol. The van der Waals surface area contributed by atoms with Crippen LogP contribution in [0.5, 0.6) is 0 Å². The average Bonchev–Trinajstić information content (AvgIpc) is 3.56. The van der Waals surface area contributed by atoms with Gasteiger partial charge < -0.3 is 9.74 Å². The summed E-state index contributed by atoms with van der Waals surface area (Å²) in [7, 11) is -3.12. The molecule has 1 aromatic heterocycles. The van der Waals surface area contributed by atoms with E-state index in [2.05, 4.69) is 14.2 Å². The van der Waals surface area contributed by atoms with Crippen LogP contribution in [0.4, 0.5) is 28.4 Å². The van der Waals surface area contributed by atoms with Gasteiger partial charge in [0.15, 0.2) is 0 Å². The molecule has 0 amide bonds. The van der Waals surface area contributed by atoms with Crippen molar-refractivity contribution in [3.05, 3.63) is 64.2 Å². The summed E-state index contributed by atoms with van der Waals surface area (Å²) in [5.74, 6) is -3.12. The summed E-state index contributed by atoms with van der Waals surface area (Å²) in [5.41, 5.74) is 0.913. The molecule has 4 rings (SSSR count). The summed E-state index contributed by atoms with van der Waals surface area (Å²) in [5, 5.41) is -0.205. The first-order chi connectivity index (χ1) is 18.3. The number of rotatable bonds is 8. The van der Waals surface area contributed by atoms with E-state index in [-0.39, 0.29) is 21.4 Å². The zero-order chi connectivity index (χ0) is 28.5. The minimum Gasteiger partial charge on any atom is -0.369 e. The van der Waals surface area contributed by atoms with Gasteiger partial charge >= 0.3 is 12.1 Å². The van der Waals surface area contributed by atoms with Gasteiger partial charge in [0.25, 0.3) is 15.2 Å². The van der Waals surface area contributed by atoms with Crippen LogP contribution in [0, 0.1) is 5.82 Å². The van der Waals surface area contributed by atoms with Crippen LogP contribution >= 0.6 is 34.7 Å². The van der Waals surface area contributed by atoms with E-state index in [9.17, 15) is 30.8 Å². The minimum absolute atomic E-state index is 0.0164. The lowest BCUT2D eigenvalue weighted by Crippen LogP contribution is -2.38. The molecule has 39 heavy (non-hydrogen) atoms. The lowest BCUT2D eigenvalue weighted by molar-refractivity contribution is -0.199. The third-order valence-electron chi connectivity index (χ3n) is 5.92. The molecule has 3 aromatic rings. The maximum absolute atomic E-state index is 14.1. The molecule has 0 aliphatic carbocycles. The van der Waals surface area contributed by atoms with Gasteiger partial charge in [0.2, 0.25) is 0 Å². The van der Waals surface area contributed by atoms with Crippen molar-refractivity contribution in [3.63, 3.8) is 0 Å². The number of hydrogen-bond donors (Lipinski definition) is 0. The van der Waals surface area contributed by atoms with Crippen molar-refractivity contribution < 1.29 is 35.6 Å². The molecule has 2 aromatic carbocycles. The fraction of sp³-hybridized carbons (Fsp3) is 0.318. The van der Waals surface area contributed by atoms with E-state index >= 15 is 0 Å². The van der Waals surface area contributed by atoms with Crippen LogP contribution in [-0.2, 0) is 26.2 Å². The van der Waals surface area contributed by atoms with Crippen molar-refractivity contribution in [2.24, 2.45) is 0 Å². The van der Waals surface area contributed by atoms with Gasteiger partial charge in [-0.1, -0.05) is 27.7 Å². The van der Waals surface area contributed by atoms with Crippen molar-refractivity contribution in [3.8, 4) is 0 Å². The SMILES string of the molecule is CN(c1ccc(S(=O)(=O)N(OC(=O)C(F)(F)F)c2ncns2)cc1Cl)[C@H]1CCN(Cc2cc(Cl)ccc2F)C1. The number of aromatic nitrogens is 2. The smallest absolute Gasteiger partial charge is 0.369 e. The maximum atomic E-state index is 14.1. The Morgan fingerprint density at radius 2 is 1.97 bits per heavy atom. The largest absolute Gasteiger partial charge is 0.493 e. The summed E-state index contributed by atoms with van der Waals surface area (Å²) in [4.78, 5) is 22.4. The number of benzene rings is 2. The van der Waals surface area contributed by atoms with Crippen molar-refractivity contribution in [1.82, 2.24) is 14.3 Å². The lowest BCUT2D eigenvalue weighted by Gasteiger charge is -2.28. The normalized spacial score (nSPS) is 16.3. The van der Waals surface area contributed by atoms with Crippen molar-refractivity contribution in [1.29, 1.82) is 0 Å². The fourth-order valence-electron chi connectivity index (χ4n) is 3.97. The summed E-state index contributed by atoms with van der Waals surface area (Å²) in [6.45, 7) is 1.56. The molecule has 2 heterocycles. The van der Waals surface area contributed by atoms with Crippen LogP contribution in [0.2, 0.25) is 10.0 Å². The highest BCUT2D eigenvalue weighted by Crippen LogP contribution is 2.34. The standard InChI is InChI=1S/C22H19Cl2F4N5O4S2/c1-31(15-6-7-32(11-15)10-13-8-14(23)2-4-18(13)25)19-5-3-16(9-17(19)24)39(35,36)33(21-29-12-30-38-21)37-20(34)22(26,27)28/h2-5,8-9,12,15H,6-7,10-11H2,1H3/t15-/m0/s1. The Morgan fingerprint density at radius 1 is 1.23 bits per heavy atom. The number of likely N-dealkylation sites (tertiary alicyclic amines) is 1. The minimum atomic E-state index is -5.46. The first kappa shape index (κ1) is 29.3. The predicted molar refractivity (Wildman–Crippen MR) is 137 cm³/mol. The summed E-state index contributed by atoms with van der Waals surface area (Å²) < 4.78 is 82.2. The first-order valence-corrected chi connectivity index (χ1v) is 14.0. The number of anilines is 2. The average molecular weight is 628 g/mol. The highest BCUT2D eigenvalue weighted by atomic mass is 35.5. The van der Waals surface area contributed by atoms with Gasteiger partial charge in [0, 0.05) is 54.8 Å². The molecule has 1 aliphatic rings. The Labute approximate surface area is 234 Å². The van der Waals surface area contributed by atoms with E-state index in [1.807, 2.05) is 9.80 Å². The van der Waals surface area contributed by atoms with Gasteiger partial charge in [-0.15, -0.1) is 0 Å². The number of sulfonamides is 1. The molecule has 9 nitrogen and oxygen atoms in total. The first-order valence-electron chi connectivity index (χ1n) is 11.1. The number of likely N-dealkylation sites (N-methyl/N-ethyl adjacent to an activating group) is 1. The number of halogens is 6. The second-order valence-electron chi connectivity index (χ2n) is 8.47. The molecule has 0 saturated carbocycles. The Kier molecular flexibility index (Phi) is 8.56. The molecule has 0 N–H and O–H groups in total. The highest BCUT2D eigenvalue weighted by Gasteiger charge is 2.45. The molecule has 0 radical (unpaired) electrons. The number of carbonyl (C=O) groups is 1. The molecule has 0 bridgehead atoms. The fourth-order valence-corrected chi connectivity index (χ4v) is 6.44. The molecule has 0 spiro atoms. The van der Waals surface area contributed by atoms with Gasteiger partial charge in [-0.05, 0) is 42.8 Å². The van der Waals surface area contributed by atoms with Gasteiger partial charge in [-0.3, -0.25) is 4.90 Å². The van der Waals surface area contributed by atoms with Gasteiger partial charge in [0.1, 0.15) is 12.1 Å². The van der Waals surface area contributed by atoms with Crippen molar-refractivity contribution in [2.45, 2.75) is 30.1 Å². The molecule has 1 saturated heterocycles. The van der Waals surface area contributed by atoms with Gasteiger partial charge in [0.05, 0.1) is 15.6 Å². The molecule has 0 unspecified atom stereocenters. The third kappa shape index (κ3) is 6.54. The van der Waals surface area contributed by atoms with Gasteiger partial charge in [-0.25, -0.2) is 14.2 Å². The molecular formula is C22H19Cl2F4N5O4S2. The molecule has 1 aliphatic heterocycles. The predicted octanol–water partition coefficient (Wildman–Crippen LogP) is 4.91. The number of nitrogens with zero attached hydrogens (tertiary/aromatic N) is 5. The summed E-state index contributed by atoms with van der Waals surface area (Å²) in [6.07, 6.45) is -3.87. The lowest BCUT2D eigenvalue weighted by atomic mass is 10.2. The Hall–Kier alpha value is -2.72. The van der Waals surface area contributed by atoms with E-state index < -0.39 is 32.2 Å². The van der Waals surface area contributed by atoms with Crippen LogP contribution < -0.4 is 9.37 Å². The van der Waals surface area contributed by atoms with E-state index in [0.29, 0.717) is 53.9 Å². The van der Waals surface area contributed by atoms with Crippen LogP contribution in [0.1, 0.15) is 12.0 Å². The Balaban J connectivity index is 1.52. The molecular weight excluding hydrogens is 609 g/mol. The van der Waals surface area contributed by atoms with E-state index in [1.165, 1.54) is 18.2 Å². The second kappa shape index (κ2) is 11.4. The zero-order valence-electron chi connectivity index (χ0n) is 19.9. The van der Waals surface area contributed by atoms with E-state index in [1.54, 1.807) is 13.1 Å². The zero-order valence-corrected chi connectivity index (χ0v) is 23.0. The quantitative estimate of drug-likeness (QED) is 0.257. The van der Waals surface area contributed by atoms with E-state index in [4.69, 9.17) is 23.2 Å². The Morgan fingerprint density at radius 3 is 2.62 bits per heavy atom. The summed E-state index contributed by atoms with van der Waals surface area (Å²) >= 11 is 12.8. The topological polar surface area (TPSA) is 95.9 Å². The van der Waals surface area contributed by atoms with E-state index in [0.717, 1.165) is 18.5 Å². The summed E-state index contributed by atoms with van der Waals surface area (Å²) in [6, 6.07) is 7.84. The van der Waals surface area contributed by atoms with Crippen LogP contribution in [0.3, 0.4) is 0 Å². The van der Waals surface area contributed by atoms with Crippen molar-refractivity contribution >= 4 is 61.5 Å².